The number of morpholine rings is 1. The Morgan fingerprint density at radius 3 is 2.66 bits per heavy atom. The fraction of sp³-hybridized carbons (Fsp3) is 0.400. The van der Waals surface area contributed by atoms with Crippen molar-refractivity contribution in [1.29, 1.82) is 0 Å². The lowest BCUT2D eigenvalue weighted by Crippen LogP contribution is -2.46. The number of benzene rings is 1. The van der Waals surface area contributed by atoms with Gasteiger partial charge in [-0.15, -0.1) is 0 Å². The minimum Gasteiger partial charge on any atom is -0.454 e. The highest BCUT2D eigenvalue weighted by Gasteiger charge is 2.24. The summed E-state index contributed by atoms with van der Waals surface area (Å²) in [6, 6.07) is 7.49. The zero-order chi connectivity index (χ0) is 20.1. The molecule has 2 aliphatic heterocycles. The van der Waals surface area contributed by atoms with Crippen molar-refractivity contribution in [3.8, 4) is 11.5 Å². The van der Waals surface area contributed by atoms with Crippen LogP contribution in [-0.4, -0.2) is 56.4 Å². The normalized spacial score (nSPS) is 17.0. The van der Waals surface area contributed by atoms with Crippen molar-refractivity contribution in [1.82, 2.24) is 15.5 Å². The van der Waals surface area contributed by atoms with Gasteiger partial charge < -0.3 is 24.8 Å². The quantitative estimate of drug-likeness (QED) is 0.689. The Kier molecular flexibility index (Phi) is 6.28. The van der Waals surface area contributed by atoms with E-state index in [1.165, 1.54) is 0 Å². The molecule has 1 unspecified atom stereocenters. The number of thiophene rings is 1. The lowest BCUT2D eigenvalue weighted by Gasteiger charge is -2.34. The fourth-order valence-corrected chi connectivity index (χ4v) is 4.10. The van der Waals surface area contributed by atoms with Gasteiger partial charge in [-0.25, -0.2) is 0 Å². The molecule has 0 aliphatic carbocycles. The number of fused-ring (bicyclic) bond motifs is 1. The van der Waals surface area contributed by atoms with Crippen LogP contribution in [0.5, 0.6) is 11.5 Å². The minimum atomic E-state index is -0.659. The second-order valence-electron chi connectivity index (χ2n) is 6.80. The minimum absolute atomic E-state index is 0.0239. The number of nitrogens with one attached hydrogen (secondary N) is 2. The van der Waals surface area contributed by atoms with Gasteiger partial charge in [-0.05, 0) is 40.1 Å². The first kappa shape index (κ1) is 19.7. The van der Waals surface area contributed by atoms with Crippen molar-refractivity contribution >= 4 is 23.2 Å². The Morgan fingerprint density at radius 2 is 1.86 bits per heavy atom. The average molecular weight is 417 g/mol. The van der Waals surface area contributed by atoms with Crippen molar-refractivity contribution in [3.05, 3.63) is 46.2 Å². The average Bonchev–Trinajstić information content (AvgIpc) is 3.44. The lowest BCUT2D eigenvalue weighted by molar-refractivity contribution is -0.139. The largest absolute Gasteiger partial charge is 0.454 e. The van der Waals surface area contributed by atoms with Crippen LogP contribution in [0.3, 0.4) is 0 Å². The maximum atomic E-state index is 12.3. The van der Waals surface area contributed by atoms with Gasteiger partial charge in [0.05, 0.1) is 19.3 Å². The van der Waals surface area contributed by atoms with Crippen molar-refractivity contribution in [2.75, 3.05) is 39.6 Å². The van der Waals surface area contributed by atoms with E-state index in [0.717, 1.165) is 24.2 Å². The van der Waals surface area contributed by atoms with E-state index in [-0.39, 0.29) is 19.4 Å². The molecule has 2 N–H and O–H groups in total. The number of ether oxygens (including phenoxy) is 3. The second-order valence-corrected chi connectivity index (χ2v) is 7.58. The van der Waals surface area contributed by atoms with Gasteiger partial charge in [0.25, 0.3) is 0 Å². The lowest BCUT2D eigenvalue weighted by atomic mass is 10.1. The summed E-state index contributed by atoms with van der Waals surface area (Å²) < 4.78 is 16.0. The van der Waals surface area contributed by atoms with Crippen molar-refractivity contribution in [3.63, 3.8) is 0 Å². The molecule has 0 radical (unpaired) electrons. The number of amides is 2. The number of hydrogen-bond acceptors (Lipinski definition) is 7. The fourth-order valence-electron chi connectivity index (χ4n) is 3.39. The molecule has 2 amide bonds. The Morgan fingerprint density at radius 1 is 1.07 bits per heavy atom. The van der Waals surface area contributed by atoms with Gasteiger partial charge in [0.1, 0.15) is 0 Å². The van der Waals surface area contributed by atoms with Gasteiger partial charge >= 0.3 is 11.8 Å². The van der Waals surface area contributed by atoms with Gasteiger partial charge in [0.15, 0.2) is 11.5 Å². The van der Waals surface area contributed by atoms with Crippen LogP contribution < -0.4 is 20.1 Å². The zero-order valence-corrected chi connectivity index (χ0v) is 16.7. The molecule has 1 aromatic carbocycles. The SMILES string of the molecule is O=C(NCc1ccc2c(c1)OCO2)C(=O)NCC(c1ccsc1)N1CCOCC1. The van der Waals surface area contributed by atoms with Gasteiger partial charge in [-0.1, -0.05) is 6.07 Å². The molecule has 3 heterocycles. The van der Waals surface area contributed by atoms with Gasteiger partial charge in [0.2, 0.25) is 6.79 Å². The van der Waals surface area contributed by atoms with E-state index in [2.05, 4.69) is 27.0 Å². The predicted octanol–water partition coefficient (Wildman–Crippen LogP) is 1.28. The predicted molar refractivity (Wildman–Crippen MR) is 107 cm³/mol. The standard InChI is InChI=1S/C20H23N3O5S/c24-19(21-10-14-1-2-17-18(9-14)28-13-27-17)20(25)22-11-16(15-3-8-29-12-15)23-4-6-26-7-5-23/h1-3,8-9,12,16H,4-7,10-11,13H2,(H,21,24)(H,22,25). The highest BCUT2D eigenvalue weighted by molar-refractivity contribution is 7.08. The molecule has 1 atom stereocenters. The van der Waals surface area contributed by atoms with Crippen LogP contribution in [0.4, 0.5) is 0 Å². The summed E-state index contributed by atoms with van der Waals surface area (Å²) in [5, 5.41) is 9.51. The van der Waals surface area contributed by atoms with E-state index in [1.807, 2.05) is 11.4 Å². The molecule has 154 valence electrons. The third kappa shape index (κ3) is 4.87. The third-order valence-electron chi connectivity index (χ3n) is 4.97. The summed E-state index contributed by atoms with van der Waals surface area (Å²) in [6.45, 7) is 3.74. The molecular formula is C20H23N3O5S. The monoisotopic (exact) mass is 417 g/mol. The maximum Gasteiger partial charge on any atom is 0.309 e. The van der Waals surface area contributed by atoms with Crippen molar-refractivity contribution in [2.24, 2.45) is 0 Å². The summed E-state index contributed by atoms with van der Waals surface area (Å²) in [5.41, 5.74) is 1.97. The van der Waals surface area contributed by atoms with Crippen LogP contribution in [0.2, 0.25) is 0 Å². The van der Waals surface area contributed by atoms with Gasteiger partial charge in [-0.2, -0.15) is 11.3 Å². The molecule has 0 bridgehead atoms. The summed E-state index contributed by atoms with van der Waals surface area (Å²) in [5.74, 6) is 0.0265. The number of carbonyl (C=O) groups excluding carboxylic acids is 2. The van der Waals surface area contributed by atoms with Crippen LogP contribution >= 0.6 is 11.3 Å². The topological polar surface area (TPSA) is 89.1 Å². The number of carbonyl (C=O) groups is 2. The Bertz CT molecular complexity index is 852. The Labute approximate surface area is 172 Å². The van der Waals surface area contributed by atoms with Crippen molar-refractivity contribution in [2.45, 2.75) is 12.6 Å². The maximum absolute atomic E-state index is 12.3. The van der Waals surface area contributed by atoms with Crippen LogP contribution in [0.15, 0.2) is 35.0 Å². The molecule has 2 aromatic rings. The molecule has 0 saturated carbocycles. The van der Waals surface area contributed by atoms with Crippen LogP contribution in [0.25, 0.3) is 0 Å². The number of nitrogens with zero attached hydrogens (tertiary/aromatic N) is 1. The van der Waals surface area contributed by atoms with E-state index < -0.39 is 11.8 Å². The van der Waals surface area contributed by atoms with Gasteiger partial charge in [-0.3, -0.25) is 14.5 Å². The van der Waals surface area contributed by atoms with E-state index >= 15 is 0 Å². The molecule has 1 aromatic heterocycles. The van der Waals surface area contributed by atoms with E-state index in [4.69, 9.17) is 14.2 Å². The number of hydrogen-bond donors (Lipinski definition) is 2. The molecule has 0 spiro atoms. The highest BCUT2D eigenvalue weighted by atomic mass is 32.1. The first-order valence-corrected chi connectivity index (χ1v) is 10.4. The molecular weight excluding hydrogens is 394 g/mol. The van der Waals surface area contributed by atoms with Gasteiger partial charge in [0, 0.05) is 26.2 Å². The first-order chi connectivity index (χ1) is 14.2. The second kappa shape index (κ2) is 9.25. The van der Waals surface area contributed by atoms with Crippen LogP contribution in [0, 0.1) is 0 Å². The van der Waals surface area contributed by atoms with E-state index in [1.54, 1.807) is 23.5 Å². The van der Waals surface area contributed by atoms with E-state index in [0.29, 0.717) is 31.3 Å². The molecule has 4 rings (SSSR count). The smallest absolute Gasteiger partial charge is 0.309 e. The Balaban J connectivity index is 1.29. The highest BCUT2D eigenvalue weighted by Crippen LogP contribution is 2.32. The van der Waals surface area contributed by atoms with Crippen molar-refractivity contribution < 1.29 is 23.8 Å². The van der Waals surface area contributed by atoms with E-state index in [9.17, 15) is 9.59 Å². The summed E-state index contributed by atoms with van der Waals surface area (Å²) in [7, 11) is 0. The third-order valence-corrected chi connectivity index (χ3v) is 5.67. The first-order valence-electron chi connectivity index (χ1n) is 9.49. The molecule has 1 fully saturated rings. The van der Waals surface area contributed by atoms with Crippen LogP contribution in [0.1, 0.15) is 17.2 Å². The summed E-state index contributed by atoms with van der Waals surface area (Å²) in [4.78, 5) is 26.8. The molecule has 9 heteroatoms. The molecule has 29 heavy (non-hydrogen) atoms. The molecule has 2 aliphatic rings. The number of rotatable bonds is 6. The Hall–Kier alpha value is -2.62. The summed E-state index contributed by atoms with van der Waals surface area (Å²) >= 11 is 1.62. The molecule has 1 saturated heterocycles. The zero-order valence-electron chi connectivity index (χ0n) is 15.9. The summed E-state index contributed by atoms with van der Waals surface area (Å²) in [6.07, 6.45) is 0. The van der Waals surface area contributed by atoms with Crippen LogP contribution in [-0.2, 0) is 20.9 Å². The molecule has 8 nitrogen and oxygen atoms in total.